The number of benzene rings is 1. The lowest BCUT2D eigenvalue weighted by molar-refractivity contribution is -0.133. The Hall–Kier alpha value is -2.11. The van der Waals surface area contributed by atoms with Gasteiger partial charge >= 0.3 is 0 Å². The zero-order valence-electron chi connectivity index (χ0n) is 14.7. The van der Waals surface area contributed by atoms with Crippen LogP contribution in [-0.4, -0.2) is 24.0 Å². The number of para-hydroxylation sites is 1. The number of carbonyl (C=O) groups is 1. The molecular formula is C21H21NO2S2. The van der Waals surface area contributed by atoms with Crippen LogP contribution in [0.5, 0.6) is 5.75 Å². The fourth-order valence-corrected chi connectivity index (χ4v) is 5.21. The first-order valence-electron chi connectivity index (χ1n) is 8.81. The summed E-state index contributed by atoms with van der Waals surface area (Å²) < 4.78 is 5.84. The molecule has 2 aromatic heterocycles. The molecule has 1 aromatic carbocycles. The van der Waals surface area contributed by atoms with Crippen LogP contribution in [0.2, 0.25) is 0 Å². The van der Waals surface area contributed by atoms with Gasteiger partial charge in [0.2, 0.25) is 5.91 Å². The monoisotopic (exact) mass is 383 g/mol. The second-order valence-electron chi connectivity index (χ2n) is 6.42. The van der Waals surface area contributed by atoms with Gasteiger partial charge in [-0.15, -0.1) is 22.7 Å². The van der Waals surface area contributed by atoms with Crippen LogP contribution in [0.1, 0.15) is 33.3 Å². The van der Waals surface area contributed by atoms with Gasteiger partial charge in [-0.3, -0.25) is 4.79 Å². The highest BCUT2D eigenvalue weighted by Gasteiger charge is 2.33. The number of thiophene rings is 2. The van der Waals surface area contributed by atoms with E-state index < -0.39 is 0 Å². The minimum atomic E-state index is 0.0518. The molecule has 1 amide bonds. The summed E-state index contributed by atoms with van der Waals surface area (Å²) in [6.45, 7) is 3.21. The number of rotatable bonds is 5. The molecule has 4 rings (SSSR count). The highest BCUT2D eigenvalue weighted by atomic mass is 32.1. The molecule has 0 aliphatic carbocycles. The molecule has 0 unspecified atom stereocenters. The smallest absolute Gasteiger partial charge is 0.226 e. The lowest BCUT2D eigenvalue weighted by atomic mass is 9.98. The fraction of sp³-hybridized carbons (Fsp3) is 0.286. The number of hydrogen-bond donors (Lipinski definition) is 0. The summed E-state index contributed by atoms with van der Waals surface area (Å²) in [5.41, 5.74) is 2.38. The van der Waals surface area contributed by atoms with Crippen LogP contribution in [0.15, 0.2) is 53.2 Å². The van der Waals surface area contributed by atoms with Crippen molar-refractivity contribution >= 4 is 28.6 Å². The van der Waals surface area contributed by atoms with E-state index in [-0.39, 0.29) is 11.9 Å². The average molecular weight is 384 g/mol. The maximum absolute atomic E-state index is 13.0. The Balaban J connectivity index is 1.47. The molecule has 5 heteroatoms. The molecule has 0 fully saturated rings. The molecule has 0 bridgehead atoms. The number of amides is 1. The third-order valence-corrected chi connectivity index (χ3v) is 6.69. The Labute approximate surface area is 161 Å². The second-order valence-corrected chi connectivity index (χ2v) is 8.40. The lowest BCUT2D eigenvalue weighted by Crippen LogP contribution is -2.40. The number of ether oxygens (including phenoxy) is 1. The van der Waals surface area contributed by atoms with Crippen molar-refractivity contribution < 1.29 is 9.53 Å². The first-order valence-corrected chi connectivity index (χ1v) is 10.6. The van der Waals surface area contributed by atoms with Crippen LogP contribution in [0.25, 0.3) is 0 Å². The summed E-state index contributed by atoms with van der Waals surface area (Å²) in [6, 6.07) is 14.3. The van der Waals surface area contributed by atoms with Crippen molar-refractivity contribution in [3.8, 4) is 5.75 Å². The number of aryl methyl sites for hydroxylation is 1. The van der Waals surface area contributed by atoms with Crippen molar-refractivity contribution in [2.24, 2.45) is 0 Å². The molecular weight excluding hydrogens is 362 g/mol. The summed E-state index contributed by atoms with van der Waals surface area (Å²) in [7, 11) is 0. The molecule has 1 aliphatic rings. The van der Waals surface area contributed by atoms with Crippen LogP contribution < -0.4 is 4.74 Å². The van der Waals surface area contributed by atoms with Crippen LogP contribution in [-0.2, 0) is 11.2 Å². The minimum absolute atomic E-state index is 0.0518. The second kappa shape index (κ2) is 7.64. The highest BCUT2D eigenvalue weighted by Crippen LogP contribution is 2.39. The van der Waals surface area contributed by atoms with Gasteiger partial charge in [0.15, 0.2) is 0 Å². The maximum Gasteiger partial charge on any atom is 0.226 e. The molecule has 0 radical (unpaired) electrons. The number of carbonyl (C=O) groups excluding carboxylic acids is 1. The fourth-order valence-electron chi connectivity index (χ4n) is 3.45. The van der Waals surface area contributed by atoms with Crippen LogP contribution in [0, 0.1) is 6.92 Å². The van der Waals surface area contributed by atoms with E-state index in [9.17, 15) is 4.79 Å². The summed E-state index contributed by atoms with van der Waals surface area (Å²) in [5.74, 6) is 1.02. The Morgan fingerprint density at radius 2 is 2.04 bits per heavy atom. The predicted octanol–water partition coefficient (Wildman–Crippen LogP) is 5.06. The topological polar surface area (TPSA) is 29.5 Å². The number of fused-ring (bicyclic) bond motifs is 1. The predicted molar refractivity (Wildman–Crippen MR) is 107 cm³/mol. The van der Waals surface area contributed by atoms with Crippen molar-refractivity contribution in [2.45, 2.75) is 25.8 Å². The van der Waals surface area contributed by atoms with Gasteiger partial charge in [0.05, 0.1) is 19.1 Å². The van der Waals surface area contributed by atoms with Crippen molar-refractivity contribution in [2.75, 3.05) is 13.2 Å². The van der Waals surface area contributed by atoms with Gasteiger partial charge in [0.1, 0.15) is 5.75 Å². The standard InChI is InChI=1S/C21H21NO2S2/c1-15-5-2-3-6-17(15)24-12-9-20(23)22-11-8-18-16(10-14-26-18)21(22)19-7-4-13-25-19/h2-7,10,13-14,21H,8-9,11-12H2,1H3/t21-/m1/s1. The zero-order chi connectivity index (χ0) is 17.9. The zero-order valence-corrected chi connectivity index (χ0v) is 16.3. The lowest BCUT2D eigenvalue weighted by Gasteiger charge is -2.35. The van der Waals surface area contributed by atoms with E-state index in [0.717, 1.165) is 24.3 Å². The van der Waals surface area contributed by atoms with Gasteiger partial charge in [-0.1, -0.05) is 24.3 Å². The molecule has 3 aromatic rings. The molecule has 1 atom stereocenters. The Kier molecular flexibility index (Phi) is 5.09. The Morgan fingerprint density at radius 1 is 1.15 bits per heavy atom. The Bertz CT molecular complexity index is 885. The molecule has 3 heterocycles. The van der Waals surface area contributed by atoms with E-state index in [4.69, 9.17) is 4.74 Å². The van der Waals surface area contributed by atoms with Crippen molar-refractivity contribution in [3.63, 3.8) is 0 Å². The van der Waals surface area contributed by atoms with E-state index in [1.54, 1.807) is 22.7 Å². The van der Waals surface area contributed by atoms with Gasteiger partial charge in [0.25, 0.3) is 0 Å². The minimum Gasteiger partial charge on any atom is -0.493 e. The molecule has 0 N–H and O–H groups in total. The van der Waals surface area contributed by atoms with E-state index in [0.29, 0.717) is 13.0 Å². The van der Waals surface area contributed by atoms with E-state index in [1.807, 2.05) is 36.1 Å². The van der Waals surface area contributed by atoms with E-state index >= 15 is 0 Å². The SMILES string of the molecule is Cc1ccccc1OCCC(=O)N1CCc2sccc2[C@@H]1c1cccs1. The van der Waals surface area contributed by atoms with Gasteiger partial charge in [-0.05, 0) is 53.4 Å². The first-order chi connectivity index (χ1) is 12.7. The van der Waals surface area contributed by atoms with Crippen LogP contribution in [0.4, 0.5) is 0 Å². The maximum atomic E-state index is 13.0. The molecule has 134 valence electrons. The molecule has 0 saturated carbocycles. The van der Waals surface area contributed by atoms with Gasteiger partial charge in [0, 0.05) is 16.3 Å². The largest absolute Gasteiger partial charge is 0.493 e. The van der Waals surface area contributed by atoms with E-state index in [2.05, 4.69) is 29.0 Å². The third-order valence-electron chi connectivity index (χ3n) is 4.77. The molecule has 0 saturated heterocycles. The van der Waals surface area contributed by atoms with Crippen LogP contribution >= 0.6 is 22.7 Å². The van der Waals surface area contributed by atoms with Crippen molar-refractivity contribution in [1.82, 2.24) is 4.90 Å². The molecule has 1 aliphatic heterocycles. The highest BCUT2D eigenvalue weighted by molar-refractivity contribution is 7.10. The summed E-state index contributed by atoms with van der Waals surface area (Å²) in [5, 5.41) is 4.22. The summed E-state index contributed by atoms with van der Waals surface area (Å²) >= 11 is 3.52. The molecule has 3 nitrogen and oxygen atoms in total. The number of nitrogens with zero attached hydrogens (tertiary/aromatic N) is 1. The molecule has 0 spiro atoms. The Morgan fingerprint density at radius 3 is 2.85 bits per heavy atom. The van der Waals surface area contributed by atoms with E-state index in [1.165, 1.54) is 15.3 Å². The quantitative estimate of drug-likeness (QED) is 0.616. The number of hydrogen-bond acceptors (Lipinski definition) is 4. The summed E-state index contributed by atoms with van der Waals surface area (Å²) in [4.78, 5) is 17.6. The van der Waals surface area contributed by atoms with Crippen molar-refractivity contribution in [1.29, 1.82) is 0 Å². The average Bonchev–Trinajstić information content (AvgIpc) is 3.34. The van der Waals surface area contributed by atoms with Gasteiger partial charge in [-0.2, -0.15) is 0 Å². The normalized spacial score (nSPS) is 16.3. The van der Waals surface area contributed by atoms with Gasteiger partial charge < -0.3 is 9.64 Å². The van der Waals surface area contributed by atoms with Crippen LogP contribution in [0.3, 0.4) is 0 Å². The summed E-state index contributed by atoms with van der Waals surface area (Å²) in [6.07, 6.45) is 1.34. The first kappa shape index (κ1) is 17.3. The third kappa shape index (κ3) is 3.41. The van der Waals surface area contributed by atoms with Crippen molar-refractivity contribution in [3.05, 3.63) is 74.1 Å². The molecule has 26 heavy (non-hydrogen) atoms. The van der Waals surface area contributed by atoms with Gasteiger partial charge in [-0.25, -0.2) is 0 Å².